The molecule has 2 aliphatic rings. The summed E-state index contributed by atoms with van der Waals surface area (Å²) in [5.41, 5.74) is 1.62. The first-order valence-corrected chi connectivity index (χ1v) is 8.46. The van der Waals surface area contributed by atoms with Crippen LogP contribution in [0.3, 0.4) is 0 Å². The van der Waals surface area contributed by atoms with Crippen LogP contribution in [-0.4, -0.2) is 65.2 Å². The average Bonchev–Trinajstić information content (AvgIpc) is 2.97. The Morgan fingerprint density at radius 2 is 2.13 bits per heavy atom. The standard InChI is InChI=1S/C17H23FN4O/c18-13-3-4-15-16(10-13)20-17(19-15)12-21-5-1-2-14(11-21)22-6-8-23-9-7-22/h3-4,10,14H,1-2,5-9,11-12H2,(H,19,20). The molecule has 0 spiro atoms. The number of imidazole rings is 1. The van der Waals surface area contributed by atoms with Gasteiger partial charge in [0.1, 0.15) is 11.6 Å². The van der Waals surface area contributed by atoms with Gasteiger partial charge in [-0.25, -0.2) is 9.37 Å². The summed E-state index contributed by atoms with van der Waals surface area (Å²) in [6, 6.07) is 5.33. The molecule has 2 saturated heterocycles. The van der Waals surface area contributed by atoms with E-state index in [1.165, 1.54) is 25.0 Å². The lowest BCUT2D eigenvalue weighted by molar-refractivity contribution is -0.00383. The number of fused-ring (bicyclic) bond motifs is 1. The molecule has 0 radical (unpaired) electrons. The molecule has 2 aliphatic heterocycles. The Morgan fingerprint density at radius 3 is 3.00 bits per heavy atom. The molecule has 124 valence electrons. The summed E-state index contributed by atoms with van der Waals surface area (Å²) in [4.78, 5) is 12.9. The van der Waals surface area contributed by atoms with E-state index in [2.05, 4.69) is 19.8 Å². The predicted octanol–water partition coefficient (Wildman–Crippen LogP) is 2.00. The van der Waals surface area contributed by atoms with Crippen LogP contribution in [-0.2, 0) is 11.3 Å². The minimum atomic E-state index is -0.224. The maximum atomic E-state index is 13.3. The maximum Gasteiger partial charge on any atom is 0.125 e. The first-order valence-electron chi connectivity index (χ1n) is 8.46. The number of rotatable bonds is 3. The van der Waals surface area contributed by atoms with Crippen molar-refractivity contribution in [2.24, 2.45) is 0 Å². The second-order valence-electron chi connectivity index (χ2n) is 6.52. The first-order chi connectivity index (χ1) is 11.3. The van der Waals surface area contributed by atoms with Crippen LogP contribution in [0.2, 0.25) is 0 Å². The number of H-pyrrole nitrogens is 1. The lowest BCUT2D eigenvalue weighted by Gasteiger charge is -2.40. The first kappa shape index (κ1) is 15.1. The average molecular weight is 318 g/mol. The fourth-order valence-corrected chi connectivity index (χ4v) is 3.74. The van der Waals surface area contributed by atoms with Crippen molar-refractivity contribution in [1.29, 1.82) is 0 Å². The highest BCUT2D eigenvalue weighted by molar-refractivity contribution is 5.74. The summed E-state index contributed by atoms with van der Waals surface area (Å²) in [6.07, 6.45) is 2.48. The van der Waals surface area contributed by atoms with Crippen molar-refractivity contribution in [3.63, 3.8) is 0 Å². The zero-order valence-corrected chi connectivity index (χ0v) is 13.3. The number of hydrogen-bond donors (Lipinski definition) is 1. The molecule has 0 aliphatic carbocycles. The van der Waals surface area contributed by atoms with E-state index in [1.54, 1.807) is 6.07 Å². The third-order valence-corrected chi connectivity index (χ3v) is 4.91. The number of hydrogen-bond acceptors (Lipinski definition) is 4. The van der Waals surface area contributed by atoms with Crippen LogP contribution in [0, 0.1) is 5.82 Å². The van der Waals surface area contributed by atoms with E-state index in [-0.39, 0.29) is 5.82 Å². The number of halogens is 1. The van der Waals surface area contributed by atoms with Gasteiger partial charge in [-0.3, -0.25) is 9.80 Å². The molecule has 3 heterocycles. The molecule has 0 amide bonds. The molecule has 2 aromatic rings. The summed E-state index contributed by atoms with van der Waals surface area (Å²) in [6.45, 7) is 6.77. The van der Waals surface area contributed by atoms with Crippen molar-refractivity contribution in [2.45, 2.75) is 25.4 Å². The van der Waals surface area contributed by atoms with Crippen molar-refractivity contribution in [3.05, 3.63) is 29.8 Å². The molecule has 5 nitrogen and oxygen atoms in total. The molecule has 1 atom stereocenters. The molecule has 0 bridgehead atoms. The van der Waals surface area contributed by atoms with Crippen LogP contribution in [0.25, 0.3) is 11.0 Å². The zero-order valence-electron chi connectivity index (χ0n) is 13.3. The molecule has 1 unspecified atom stereocenters. The molecule has 6 heteroatoms. The number of nitrogens with one attached hydrogen (secondary N) is 1. The Hall–Kier alpha value is -1.50. The van der Waals surface area contributed by atoms with Gasteiger partial charge in [-0.05, 0) is 37.6 Å². The number of aromatic amines is 1. The van der Waals surface area contributed by atoms with Crippen molar-refractivity contribution >= 4 is 11.0 Å². The van der Waals surface area contributed by atoms with Gasteiger partial charge >= 0.3 is 0 Å². The summed E-state index contributed by atoms with van der Waals surface area (Å²) in [5.74, 6) is 0.700. The van der Waals surface area contributed by atoms with Crippen molar-refractivity contribution < 1.29 is 9.13 Å². The number of aromatic nitrogens is 2. The lowest BCUT2D eigenvalue weighted by Crippen LogP contribution is -2.51. The highest BCUT2D eigenvalue weighted by Crippen LogP contribution is 2.20. The number of nitrogens with zero attached hydrogens (tertiary/aromatic N) is 3. The minimum Gasteiger partial charge on any atom is -0.379 e. The van der Waals surface area contributed by atoms with E-state index in [0.29, 0.717) is 6.04 Å². The topological polar surface area (TPSA) is 44.4 Å². The third-order valence-electron chi connectivity index (χ3n) is 4.91. The highest BCUT2D eigenvalue weighted by Gasteiger charge is 2.26. The monoisotopic (exact) mass is 318 g/mol. The summed E-state index contributed by atoms with van der Waals surface area (Å²) < 4.78 is 18.7. The SMILES string of the molecule is Fc1ccc2nc(CN3CCCC(N4CCOCC4)C3)[nH]c2c1. The highest BCUT2D eigenvalue weighted by atomic mass is 19.1. The van der Waals surface area contributed by atoms with Gasteiger partial charge in [0.15, 0.2) is 0 Å². The van der Waals surface area contributed by atoms with Crippen LogP contribution >= 0.6 is 0 Å². The number of morpholine rings is 1. The smallest absolute Gasteiger partial charge is 0.125 e. The number of likely N-dealkylation sites (tertiary alicyclic amines) is 1. The van der Waals surface area contributed by atoms with Gasteiger partial charge in [0.25, 0.3) is 0 Å². The Kier molecular flexibility index (Phi) is 4.29. The Morgan fingerprint density at radius 1 is 1.26 bits per heavy atom. The van der Waals surface area contributed by atoms with E-state index in [1.807, 2.05) is 0 Å². The van der Waals surface area contributed by atoms with Gasteiger partial charge in [-0.2, -0.15) is 0 Å². The fraction of sp³-hybridized carbons (Fsp3) is 0.588. The van der Waals surface area contributed by atoms with Gasteiger partial charge in [-0.1, -0.05) is 0 Å². The van der Waals surface area contributed by atoms with E-state index < -0.39 is 0 Å². The quantitative estimate of drug-likeness (QED) is 0.940. The third kappa shape index (κ3) is 3.39. The van der Waals surface area contributed by atoms with E-state index in [4.69, 9.17) is 4.74 Å². The Balaban J connectivity index is 1.42. The Bertz CT molecular complexity index is 668. The van der Waals surface area contributed by atoms with Crippen LogP contribution in [0.15, 0.2) is 18.2 Å². The second-order valence-corrected chi connectivity index (χ2v) is 6.52. The van der Waals surface area contributed by atoms with Crippen LogP contribution in [0.4, 0.5) is 4.39 Å². The number of ether oxygens (including phenoxy) is 1. The van der Waals surface area contributed by atoms with E-state index >= 15 is 0 Å². The fourth-order valence-electron chi connectivity index (χ4n) is 3.74. The summed E-state index contributed by atoms with van der Waals surface area (Å²) in [5, 5.41) is 0. The summed E-state index contributed by atoms with van der Waals surface area (Å²) >= 11 is 0. The number of piperidine rings is 1. The van der Waals surface area contributed by atoms with Crippen molar-refractivity contribution in [2.75, 3.05) is 39.4 Å². The normalized spacial score (nSPS) is 24.3. The molecular formula is C17H23FN4O. The molecule has 4 rings (SSSR count). The van der Waals surface area contributed by atoms with E-state index in [9.17, 15) is 4.39 Å². The lowest BCUT2D eigenvalue weighted by atomic mass is 10.0. The predicted molar refractivity (Wildman–Crippen MR) is 86.7 cm³/mol. The van der Waals surface area contributed by atoms with Crippen LogP contribution < -0.4 is 0 Å². The molecule has 1 aromatic heterocycles. The maximum absolute atomic E-state index is 13.3. The van der Waals surface area contributed by atoms with Crippen molar-refractivity contribution in [3.8, 4) is 0 Å². The summed E-state index contributed by atoms with van der Waals surface area (Å²) in [7, 11) is 0. The molecule has 23 heavy (non-hydrogen) atoms. The molecule has 0 saturated carbocycles. The van der Waals surface area contributed by atoms with Gasteiger partial charge in [0.05, 0.1) is 30.8 Å². The largest absolute Gasteiger partial charge is 0.379 e. The minimum absolute atomic E-state index is 0.224. The van der Waals surface area contributed by atoms with Gasteiger partial charge in [0, 0.05) is 25.7 Å². The molecule has 1 aromatic carbocycles. The van der Waals surface area contributed by atoms with E-state index in [0.717, 1.165) is 62.8 Å². The molecule has 2 fully saturated rings. The van der Waals surface area contributed by atoms with Crippen LogP contribution in [0.5, 0.6) is 0 Å². The zero-order chi connectivity index (χ0) is 15.6. The van der Waals surface area contributed by atoms with Crippen LogP contribution in [0.1, 0.15) is 18.7 Å². The molecular weight excluding hydrogens is 295 g/mol. The second kappa shape index (κ2) is 6.55. The van der Waals surface area contributed by atoms with Gasteiger partial charge in [0.2, 0.25) is 0 Å². The van der Waals surface area contributed by atoms with Gasteiger partial charge in [-0.15, -0.1) is 0 Å². The Labute approximate surface area is 135 Å². The van der Waals surface area contributed by atoms with Crippen molar-refractivity contribution in [1.82, 2.24) is 19.8 Å². The number of benzene rings is 1. The van der Waals surface area contributed by atoms with Gasteiger partial charge < -0.3 is 9.72 Å². The molecule has 1 N–H and O–H groups in total.